The lowest BCUT2D eigenvalue weighted by Gasteiger charge is -2.37. The van der Waals surface area contributed by atoms with E-state index in [1.807, 2.05) is 31.2 Å². The van der Waals surface area contributed by atoms with Crippen molar-refractivity contribution in [2.75, 3.05) is 0 Å². The molecule has 140 valence electrons. The van der Waals surface area contributed by atoms with Crippen molar-refractivity contribution in [2.24, 2.45) is 5.92 Å². The summed E-state index contributed by atoms with van der Waals surface area (Å²) in [6, 6.07) is 10.3. The number of hydrogen-bond donors (Lipinski definition) is 3. The van der Waals surface area contributed by atoms with E-state index >= 15 is 0 Å². The number of nitrogens with zero attached hydrogens (tertiary/aromatic N) is 1. The number of fused-ring (bicyclic) bond motifs is 1. The smallest absolute Gasteiger partial charge is 0.225 e. The Morgan fingerprint density at radius 2 is 2.15 bits per heavy atom. The third-order valence-electron chi connectivity index (χ3n) is 5.39. The Balaban J connectivity index is 1.56. The van der Waals surface area contributed by atoms with Crippen LogP contribution in [0.3, 0.4) is 0 Å². The Bertz CT molecular complexity index is 964. The van der Waals surface area contributed by atoms with Crippen molar-refractivity contribution in [3.63, 3.8) is 0 Å². The van der Waals surface area contributed by atoms with E-state index in [1.165, 1.54) is 6.07 Å². The first-order valence-electron chi connectivity index (χ1n) is 9.17. The Morgan fingerprint density at radius 3 is 2.85 bits per heavy atom. The predicted molar refractivity (Wildman–Crippen MR) is 101 cm³/mol. The van der Waals surface area contributed by atoms with Crippen LogP contribution in [0.4, 0.5) is 4.39 Å². The topological polar surface area (TPSA) is 78.0 Å². The van der Waals surface area contributed by atoms with E-state index in [0.29, 0.717) is 18.4 Å². The van der Waals surface area contributed by atoms with Gasteiger partial charge in [-0.1, -0.05) is 18.2 Å². The number of halogens is 1. The van der Waals surface area contributed by atoms with Crippen molar-refractivity contribution in [1.29, 1.82) is 0 Å². The maximum atomic E-state index is 14.0. The summed E-state index contributed by atoms with van der Waals surface area (Å²) in [6.45, 7) is 1.85. The molecule has 2 aromatic heterocycles. The Labute approximate surface area is 156 Å². The molecule has 3 N–H and O–H groups in total. The van der Waals surface area contributed by atoms with Crippen LogP contribution >= 0.6 is 0 Å². The van der Waals surface area contributed by atoms with Gasteiger partial charge in [0, 0.05) is 17.3 Å². The monoisotopic (exact) mass is 367 g/mol. The zero-order chi connectivity index (χ0) is 19.0. The van der Waals surface area contributed by atoms with E-state index in [1.54, 1.807) is 12.3 Å². The van der Waals surface area contributed by atoms with E-state index in [2.05, 4.69) is 15.3 Å². The molecule has 1 aromatic carbocycles. The normalized spacial score (nSPS) is 20.3. The second-order valence-corrected chi connectivity index (χ2v) is 7.25. The van der Waals surface area contributed by atoms with Gasteiger partial charge in [0.05, 0.1) is 29.8 Å². The molecule has 1 aliphatic rings. The number of benzene rings is 1. The molecule has 0 radical (unpaired) electrons. The summed E-state index contributed by atoms with van der Waals surface area (Å²) >= 11 is 0. The summed E-state index contributed by atoms with van der Waals surface area (Å²) in [7, 11) is 0. The molecule has 3 aromatic rings. The van der Waals surface area contributed by atoms with E-state index in [9.17, 15) is 14.3 Å². The minimum Gasteiger partial charge on any atom is -0.393 e. The molecule has 1 aliphatic carbocycles. The van der Waals surface area contributed by atoms with Gasteiger partial charge in [0.15, 0.2) is 0 Å². The fourth-order valence-corrected chi connectivity index (χ4v) is 3.88. The summed E-state index contributed by atoms with van der Waals surface area (Å²) in [5.41, 5.74) is 2.82. The molecule has 0 unspecified atom stereocenters. The number of hydrogen-bond acceptors (Lipinski definition) is 3. The van der Waals surface area contributed by atoms with Crippen LogP contribution in [-0.2, 0) is 11.2 Å². The van der Waals surface area contributed by atoms with Gasteiger partial charge in [0.1, 0.15) is 5.82 Å². The van der Waals surface area contributed by atoms with Crippen LogP contribution in [0.1, 0.15) is 35.8 Å². The molecule has 27 heavy (non-hydrogen) atoms. The summed E-state index contributed by atoms with van der Waals surface area (Å²) in [5.74, 6) is -0.294. The maximum Gasteiger partial charge on any atom is 0.225 e. The number of aromatic amines is 1. The molecule has 1 atom stereocenters. The molecule has 0 aliphatic heterocycles. The number of aliphatic hydroxyl groups is 1. The Morgan fingerprint density at radius 1 is 1.33 bits per heavy atom. The summed E-state index contributed by atoms with van der Waals surface area (Å²) in [4.78, 5) is 20.2. The summed E-state index contributed by atoms with van der Waals surface area (Å²) in [6.07, 6.45) is 2.86. The van der Waals surface area contributed by atoms with Crippen molar-refractivity contribution in [3.05, 3.63) is 65.4 Å². The molecule has 1 saturated carbocycles. The van der Waals surface area contributed by atoms with Gasteiger partial charge in [-0.05, 0) is 49.4 Å². The number of carbonyl (C=O) groups excluding carboxylic acids is 1. The number of aromatic nitrogens is 2. The van der Waals surface area contributed by atoms with Gasteiger partial charge in [-0.25, -0.2) is 4.39 Å². The first kappa shape index (κ1) is 17.7. The van der Waals surface area contributed by atoms with Gasteiger partial charge < -0.3 is 15.4 Å². The van der Waals surface area contributed by atoms with Gasteiger partial charge in [0.25, 0.3) is 0 Å². The van der Waals surface area contributed by atoms with Gasteiger partial charge in [-0.2, -0.15) is 0 Å². The van der Waals surface area contributed by atoms with E-state index in [-0.39, 0.29) is 36.2 Å². The van der Waals surface area contributed by atoms with Crippen molar-refractivity contribution in [2.45, 2.75) is 38.3 Å². The number of rotatable bonds is 5. The van der Waals surface area contributed by atoms with Crippen LogP contribution in [0.25, 0.3) is 10.9 Å². The van der Waals surface area contributed by atoms with E-state index < -0.39 is 0 Å². The van der Waals surface area contributed by atoms with Crippen molar-refractivity contribution in [1.82, 2.24) is 15.3 Å². The van der Waals surface area contributed by atoms with Crippen LogP contribution in [-0.4, -0.2) is 27.1 Å². The van der Waals surface area contributed by atoms with Gasteiger partial charge in [-0.3, -0.25) is 9.78 Å². The number of H-pyrrole nitrogens is 1. The number of aliphatic hydroxyl groups excluding tert-OH is 1. The molecule has 5 nitrogen and oxygen atoms in total. The standard InChI is InChI=1S/C21H22FN3O2/c1-12-16(15-5-4-6-17(22)21(15)24-12)11-19(27)25-20(13-9-14(26)10-13)18-7-2-3-8-23-18/h2-8,13-14,20,24,26H,9-11H2,1H3,(H,25,27)/t13?,14?,20-/m1/s1. The van der Waals surface area contributed by atoms with Crippen LogP contribution in [0.5, 0.6) is 0 Å². The number of aryl methyl sites for hydroxylation is 1. The molecular formula is C21H22FN3O2. The molecular weight excluding hydrogens is 345 g/mol. The fraction of sp³-hybridized carbons (Fsp3) is 0.333. The number of carbonyl (C=O) groups is 1. The molecule has 6 heteroatoms. The largest absolute Gasteiger partial charge is 0.393 e. The molecule has 0 bridgehead atoms. The summed E-state index contributed by atoms with van der Waals surface area (Å²) < 4.78 is 14.0. The average Bonchev–Trinajstić information content (AvgIpc) is 2.95. The van der Waals surface area contributed by atoms with Crippen molar-refractivity contribution >= 4 is 16.8 Å². The highest BCUT2D eigenvalue weighted by molar-refractivity contribution is 5.90. The Hall–Kier alpha value is -2.73. The second kappa shape index (κ2) is 7.12. The van der Waals surface area contributed by atoms with Crippen LogP contribution in [0, 0.1) is 18.7 Å². The second-order valence-electron chi connectivity index (χ2n) is 7.25. The summed E-state index contributed by atoms with van der Waals surface area (Å²) in [5, 5.41) is 13.5. The molecule has 1 fully saturated rings. The number of nitrogens with one attached hydrogen (secondary N) is 2. The van der Waals surface area contributed by atoms with Gasteiger partial charge in [-0.15, -0.1) is 0 Å². The predicted octanol–water partition coefficient (Wildman–Crippen LogP) is 3.18. The van der Waals surface area contributed by atoms with Gasteiger partial charge >= 0.3 is 0 Å². The first-order chi connectivity index (χ1) is 13.0. The zero-order valence-electron chi connectivity index (χ0n) is 15.1. The third kappa shape index (κ3) is 3.45. The molecule has 4 rings (SSSR count). The van der Waals surface area contributed by atoms with E-state index in [0.717, 1.165) is 22.3 Å². The molecule has 1 amide bonds. The maximum absolute atomic E-state index is 14.0. The number of amides is 1. The highest BCUT2D eigenvalue weighted by atomic mass is 19.1. The van der Waals surface area contributed by atoms with Crippen LogP contribution in [0.2, 0.25) is 0 Å². The van der Waals surface area contributed by atoms with Crippen molar-refractivity contribution < 1.29 is 14.3 Å². The zero-order valence-corrected chi connectivity index (χ0v) is 15.1. The average molecular weight is 367 g/mol. The Kier molecular flexibility index (Phi) is 4.66. The minimum absolute atomic E-state index is 0.139. The quantitative estimate of drug-likeness (QED) is 0.648. The third-order valence-corrected chi connectivity index (χ3v) is 5.39. The lowest BCUT2D eigenvalue weighted by Crippen LogP contribution is -2.42. The fourth-order valence-electron chi connectivity index (χ4n) is 3.88. The van der Waals surface area contributed by atoms with Crippen LogP contribution < -0.4 is 5.32 Å². The molecule has 0 saturated heterocycles. The number of para-hydroxylation sites is 1. The van der Waals surface area contributed by atoms with Crippen LogP contribution in [0.15, 0.2) is 42.6 Å². The molecule has 2 heterocycles. The minimum atomic E-state index is -0.322. The first-order valence-corrected chi connectivity index (χ1v) is 9.17. The number of pyridine rings is 1. The van der Waals surface area contributed by atoms with Gasteiger partial charge in [0.2, 0.25) is 5.91 Å². The molecule has 0 spiro atoms. The SMILES string of the molecule is Cc1[nH]c2c(F)cccc2c1CC(=O)N[C@@H](c1ccccn1)C1CC(O)C1. The highest BCUT2D eigenvalue weighted by Gasteiger charge is 2.36. The lowest BCUT2D eigenvalue weighted by molar-refractivity contribution is -0.122. The van der Waals surface area contributed by atoms with E-state index in [4.69, 9.17) is 0 Å². The lowest BCUT2D eigenvalue weighted by atomic mass is 9.76. The highest BCUT2D eigenvalue weighted by Crippen LogP contribution is 2.37. The van der Waals surface area contributed by atoms with Crippen molar-refractivity contribution in [3.8, 4) is 0 Å².